The van der Waals surface area contributed by atoms with Gasteiger partial charge in [0.05, 0.1) is 31.7 Å². The van der Waals surface area contributed by atoms with Crippen LogP contribution in [0.1, 0.15) is 25.7 Å². The van der Waals surface area contributed by atoms with Gasteiger partial charge in [-0.3, -0.25) is 19.2 Å². The van der Waals surface area contributed by atoms with Crippen molar-refractivity contribution in [3.05, 3.63) is 0 Å². The van der Waals surface area contributed by atoms with Crippen molar-refractivity contribution in [3.63, 3.8) is 0 Å². The van der Waals surface area contributed by atoms with Crippen molar-refractivity contribution in [2.75, 3.05) is 26.2 Å². The summed E-state index contributed by atoms with van der Waals surface area (Å²) in [5, 5.41) is 53.8. The number of hydrogen-bond donors (Lipinski definition) is 8. The second-order valence-electron chi connectivity index (χ2n) is 7.36. The van der Waals surface area contributed by atoms with E-state index in [1.54, 1.807) is 0 Å². The number of hydrogen-bond acceptors (Lipinski definition) is 9. The largest absolute Gasteiger partial charge is 0.480 e. The van der Waals surface area contributed by atoms with Crippen molar-refractivity contribution in [1.29, 1.82) is 0 Å². The van der Waals surface area contributed by atoms with Crippen molar-refractivity contribution in [1.82, 2.24) is 21.7 Å². The Bertz CT molecular complexity index is 647. The van der Waals surface area contributed by atoms with E-state index in [1.807, 2.05) is 0 Å². The first-order chi connectivity index (χ1) is 15.1. The standard InChI is InChI=1S/C18H31N4O10/c19-9(18(31)22-6-13(25)21-7-14(26)27)3-1-2-4-20-12(24)5-10-15(28)17(30)16(29)11(8-23)32-10/h9-11,15-17,19,23,28-30H,1-8H2,(H,20,24)(H,21,25)(H,22,31)(H,26,27)/t9-,10-,11?,15?,16-,17+/m0/s1. The lowest BCUT2D eigenvalue weighted by molar-refractivity contribution is -0.229. The Hall–Kier alpha value is -2.36. The Morgan fingerprint density at radius 1 is 0.875 bits per heavy atom. The molecule has 0 spiro atoms. The van der Waals surface area contributed by atoms with E-state index in [-0.39, 0.29) is 19.4 Å². The molecule has 3 amide bonds. The third-order valence-electron chi connectivity index (χ3n) is 4.80. The van der Waals surface area contributed by atoms with Crippen molar-refractivity contribution in [2.45, 2.75) is 62.2 Å². The molecule has 183 valence electrons. The zero-order chi connectivity index (χ0) is 24.3. The quantitative estimate of drug-likeness (QED) is 0.122. The minimum absolute atomic E-state index is 0.172. The molecule has 1 rings (SSSR count). The fourth-order valence-electron chi connectivity index (χ4n) is 2.96. The monoisotopic (exact) mass is 463 g/mol. The van der Waals surface area contributed by atoms with Crippen LogP contribution in [0, 0.1) is 0 Å². The normalized spacial score (nSPS) is 26.1. The van der Waals surface area contributed by atoms with Crippen LogP contribution in [0.5, 0.6) is 0 Å². The molecular weight excluding hydrogens is 432 g/mol. The van der Waals surface area contributed by atoms with Crippen LogP contribution >= 0.6 is 0 Å². The van der Waals surface area contributed by atoms with Crippen molar-refractivity contribution in [2.24, 2.45) is 0 Å². The van der Waals surface area contributed by atoms with Gasteiger partial charge in [0.1, 0.15) is 31.0 Å². The highest BCUT2D eigenvalue weighted by molar-refractivity contribution is 5.88. The number of aliphatic carboxylic acids is 1. The summed E-state index contributed by atoms with van der Waals surface area (Å²) in [6.45, 7) is -1.36. The SMILES string of the molecule is [NH][C@@H](CCCCNC(=O)C[C@@H]1OC(CO)[C@H](O)[C@H](O)C1O)C(=O)NCC(=O)NCC(=O)O. The lowest BCUT2D eigenvalue weighted by Crippen LogP contribution is -2.59. The van der Waals surface area contributed by atoms with Gasteiger partial charge >= 0.3 is 5.97 Å². The first-order valence-corrected chi connectivity index (χ1v) is 10.1. The first-order valence-electron chi connectivity index (χ1n) is 10.1. The lowest BCUT2D eigenvalue weighted by atomic mass is 9.93. The molecule has 0 aliphatic carbocycles. The number of ether oxygens (including phenoxy) is 1. The molecule has 1 fully saturated rings. The van der Waals surface area contributed by atoms with Gasteiger partial charge in [-0.15, -0.1) is 0 Å². The van der Waals surface area contributed by atoms with Gasteiger partial charge in [0.25, 0.3) is 0 Å². The van der Waals surface area contributed by atoms with E-state index in [0.29, 0.717) is 12.8 Å². The smallest absolute Gasteiger partial charge is 0.322 e. The number of carboxylic acids is 1. The van der Waals surface area contributed by atoms with Crippen LogP contribution < -0.4 is 21.7 Å². The fraction of sp³-hybridized carbons (Fsp3) is 0.778. The molecule has 0 aromatic rings. The number of nitrogens with one attached hydrogen (secondary N) is 4. The molecule has 1 aliphatic rings. The van der Waals surface area contributed by atoms with Gasteiger partial charge in [-0.1, -0.05) is 0 Å². The van der Waals surface area contributed by atoms with E-state index in [9.17, 15) is 34.5 Å². The minimum Gasteiger partial charge on any atom is -0.480 e. The molecule has 1 saturated heterocycles. The number of carboxylic acid groups (broad SMARTS) is 1. The Morgan fingerprint density at radius 3 is 2.16 bits per heavy atom. The Morgan fingerprint density at radius 2 is 1.53 bits per heavy atom. The van der Waals surface area contributed by atoms with Crippen LogP contribution in [-0.2, 0) is 23.9 Å². The predicted molar refractivity (Wildman–Crippen MR) is 106 cm³/mol. The molecule has 14 nitrogen and oxygen atoms in total. The number of carbonyl (C=O) groups is 4. The van der Waals surface area contributed by atoms with E-state index < -0.39 is 79.9 Å². The van der Waals surface area contributed by atoms with Crippen molar-refractivity contribution < 1.29 is 49.4 Å². The van der Waals surface area contributed by atoms with Crippen LogP contribution in [0.15, 0.2) is 0 Å². The summed E-state index contributed by atoms with van der Waals surface area (Å²) in [6.07, 6.45) is -5.98. The highest BCUT2D eigenvalue weighted by Gasteiger charge is 2.43. The summed E-state index contributed by atoms with van der Waals surface area (Å²) in [7, 11) is 0. The number of aliphatic hydroxyl groups excluding tert-OH is 4. The van der Waals surface area contributed by atoms with Gasteiger partial charge in [0.15, 0.2) is 0 Å². The molecular formula is C18H31N4O10. The number of unbranched alkanes of at least 4 members (excludes halogenated alkanes) is 1. The maximum atomic E-state index is 12.0. The first kappa shape index (κ1) is 27.7. The van der Waals surface area contributed by atoms with Gasteiger partial charge in [-0.25, -0.2) is 5.73 Å². The summed E-state index contributed by atoms with van der Waals surface area (Å²) in [6, 6.07) is -1.13. The maximum Gasteiger partial charge on any atom is 0.322 e. The van der Waals surface area contributed by atoms with Crippen LogP contribution in [0.2, 0.25) is 0 Å². The Labute approximate surface area is 184 Å². The summed E-state index contributed by atoms with van der Waals surface area (Å²) in [5.74, 6) is -3.07. The van der Waals surface area contributed by atoms with E-state index >= 15 is 0 Å². The third-order valence-corrected chi connectivity index (χ3v) is 4.80. The highest BCUT2D eigenvalue weighted by atomic mass is 16.5. The fourth-order valence-corrected chi connectivity index (χ4v) is 2.96. The van der Waals surface area contributed by atoms with Gasteiger partial charge < -0.3 is 46.2 Å². The third kappa shape index (κ3) is 9.42. The number of carbonyl (C=O) groups excluding carboxylic acids is 3. The zero-order valence-electron chi connectivity index (χ0n) is 17.4. The number of amides is 3. The van der Waals surface area contributed by atoms with E-state index in [2.05, 4.69) is 16.0 Å². The molecule has 14 heteroatoms. The van der Waals surface area contributed by atoms with E-state index in [0.717, 1.165) is 0 Å². The Kier molecular flexibility index (Phi) is 12.0. The van der Waals surface area contributed by atoms with E-state index in [1.165, 1.54) is 0 Å². The topological polar surface area (TPSA) is 239 Å². The van der Waals surface area contributed by atoms with Crippen LogP contribution in [0.25, 0.3) is 0 Å². The molecule has 6 atom stereocenters. The lowest BCUT2D eigenvalue weighted by Gasteiger charge is -2.39. The van der Waals surface area contributed by atoms with Crippen molar-refractivity contribution >= 4 is 23.7 Å². The van der Waals surface area contributed by atoms with Gasteiger partial charge in [0.2, 0.25) is 17.7 Å². The summed E-state index contributed by atoms with van der Waals surface area (Å²) in [4.78, 5) is 45.4. The molecule has 0 aromatic carbocycles. The van der Waals surface area contributed by atoms with Crippen molar-refractivity contribution in [3.8, 4) is 0 Å². The second-order valence-corrected chi connectivity index (χ2v) is 7.36. The molecule has 0 saturated carbocycles. The molecule has 0 bridgehead atoms. The van der Waals surface area contributed by atoms with E-state index in [4.69, 9.17) is 20.7 Å². The molecule has 32 heavy (non-hydrogen) atoms. The molecule has 2 unspecified atom stereocenters. The highest BCUT2D eigenvalue weighted by Crippen LogP contribution is 2.23. The average Bonchev–Trinajstić information content (AvgIpc) is 2.75. The van der Waals surface area contributed by atoms with Gasteiger partial charge in [-0.05, 0) is 19.3 Å². The Balaban J connectivity index is 2.21. The van der Waals surface area contributed by atoms with Gasteiger partial charge in [-0.2, -0.15) is 0 Å². The summed E-state index contributed by atoms with van der Waals surface area (Å²) in [5.41, 5.74) is 7.74. The average molecular weight is 463 g/mol. The zero-order valence-corrected chi connectivity index (χ0v) is 17.4. The van der Waals surface area contributed by atoms with Crippen LogP contribution in [0.4, 0.5) is 0 Å². The van der Waals surface area contributed by atoms with Crippen LogP contribution in [0.3, 0.4) is 0 Å². The second kappa shape index (κ2) is 13.9. The maximum absolute atomic E-state index is 12.0. The minimum atomic E-state index is -1.55. The van der Waals surface area contributed by atoms with Gasteiger partial charge in [0, 0.05) is 6.54 Å². The molecule has 0 aromatic heterocycles. The van der Waals surface area contributed by atoms with Crippen LogP contribution in [-0.4, -0.2) is 112 Å². The number of rotatable bonds is 13. The summed E-state index contributed by atoms with van der Waals surface area (Å²) < 4.78 is 5.26. The predicted octanol–water partition coefficient (Wildman–Crippen LogP) is -4.53. The molecule has 1 aliphatic heterocycles. The molecule has 1 radical (unpaired) electrons. The number of aliphatic hydroxyl groups is 4. The molecule has 9 N–H and O–H groups in total. The summed E-state index contributed by atoms with van der Waals surface area (Å²) >= 11 is 0. The molecule has 1 heterocycles.